The second-order valence-corrected chi connectivity index (χ2v) is 6.85. The van der Waals surface area contributed by atoms with E-state index in [4.69, 9.17) is 10.5 Å². The molecule has 4 nitrogen and oxygen atoms in total. The average molecular weight is 375 g/mol. The first kappa shape index (κ1) is 20.3. The van der Waals surface area contributed by atoms with Crippen molar-refractivity contribution in [3.8, 4) is 5.75 Å². The molecule has 2 N–H and O–H groups in total. The van der Waals surface area contributed by atoms with E-state index in [2.05, 4.69) is 18.2 Å². The van der Waals surface area contributed by atoms with Gasteiger partial charge in [-0.25, -0.2) is 0 Å². The number of carbonyl (C=O) groups is 1. The van der Waals surface area contributed by atoms with Crippen LogP contribution in [0.3, 0.4) is 0 Å². The van der Waals surface area contributed by atoms with E-state index in [1.165, 1.54) is 5.56 Å². The standard InChI is InChI=1S/C21H26N2O2.ClH/c1-15-8-9-16(2)20(12-15)25-11-10-21(24)23-13-18(19(22)14-23)17-6-4-3-5-7-17;/h3-9,12,18-19H,10-11,13-14,22H2,1-2H3;1H/t18-,19+;/m0./s1. The summed E-state index contributed by atoms with van der Waals surface area (Å²) in [5, 5.41) is 0. The van der Waals surface area contributed by atoms with E-state index >= 15 is 0 Å². The van der Waals surface area contributed by atoms with Crippen LogP contribution in [0.15, 0.2) is 48.5 Å². The van der Waals surface area contributed by atoms with E-state index in [-0.39, 0.29) is 30.3 Å². The third-order valence-corrected chi connectivity index (χ3v) is 4.86. The molecule has 0 aliphatic carbocycles. The van der Waals surface area contributed by atoms with Crippen LogP contribution in [0.25, 0.3) is 0 Å². The summed E-state index contributed by atoms with van der Waals surface area (Å²) in [5.41, 5.74) is 9.72. The lowest BCUT2D eigenvalue weighted by Gasteiger charge is -2.17. The van der Waals surface area contributed by atoms with E-state index in [0.717, 1.165) is 16.9 Å². The summed E-state index contributed by atoms with van der Waals surface area (Å²) in [5.74, 6) is 1.18. The number of amides is 1. The molecule has 0 radical (unpaired) electrons. The molecule has 2 aromatic rings. The van der Waals surface area contributed by atoms with Crippen LogP contribution >= 0.6 is 12.4 Å². The highest BCUT2D eigenvalue weighted by atomic mass is 35.5. The van der Waals surface area contributed by atoms with Gasteiger partial charge in [-0.3, -0.25) is 4.79 Å². The summed E-state index contributed by atoms with van der Waals surface area (Å²) in [6.45, 7) is 5.74. The molecule has 2 aromatic carbocycles. The summed E-state index contributed by atoms with van der Waals surface area (Å²) >= 11 is 0. The summed E-state index contributed by atoms with van der Waals surface area (Å²) in [6.07, 6.45) is 0.377. The molecule has 1 heterocycles. The van der Waals surface area contributed by atoms with E-state index < -0.39 is 0 Å². The van der Waals surface area contributed by atoms with Gasteiger partial charge in [-0.05, 0) is 36.6 Å². The van der Waals surface area contributed by atoms with Crippen molar-refractivity contribution in [1.82, 2.24) is 4.90 Å². The SMILES string of the molecule is Cc1ccc(C)c(OCCC(=O)N2C[C@@H](N)[C@H](c3ccccc3)C2)c1.Cl. The molecule has 0 saturated carbocycles. The van der Waals surface area contributed by atoms with Crippen LogP contribution in [-0.4, -0.2) is 36.5 Å². The smallest absolute Gasteiger partial charge is 0.226 e. The molecule has 0 unspecified atom stereocenters. The molecule has 140 valence electrons. The van der Waals surface area contributed by atoms with E-state index in [0.29, 0.717) is 26.1 Å². The van der Waals surface area contributed by atoms with Crippen molar-refractivity contribution < 1.29 is 9.53 Å². The Kier molecular flexibility index (Phi) is 7.06. The van der Waals surface area contributed by atoms with Crippen molar-refractivity contribution in [2.45, 2.75) is 32.2 Å². The van der Waals surface area contributed by atoms with Gasteiger partial charge in [-0.1, -0.05) is 42.5 Å². The minimum Gasteiger partial charge on any atom is -0.493 e. The van der Waals surface area contributed by atoms with Crippen molar-refractivity contribution in [3.63, 3.8) is 0 Å². The highest BCUT2D eigenvalue weighted by Gasteiger charge is 2.33. The topological polar surface area (TPSA) is 55.6 Å². The van der Waals surface area contributed by atoms with Crippen molar-refractivity contribution in [2.75, 3.05) is 19.7 Å². The molecule has 0 bridgehead atoms. The van der Waals surface area contributed by atoms with Gasteiger partial charge in [0.25, 0.3) is 0 Å². The molecule has 26 heavy (non-hydrogen) atoms. The summed E-state index contributed by atoms with van der Waals surface area (Å²) in [4.78, 5) is 14.4. The number of likely N-dealkylation sites (tertiary alicyclic amines) is 1. The second kappa shape index (κ2) is 9.06. The molecule has 1 aliphatic rings. The number of hydrogen-bond acceptors (Lipinski definition) is 3. The number of carbonyl (C=O) groups excluding carboxylic acids is 1. The number of benzene rings is 2. The summed E-state index contributed by atoms with van der Waals surface area (Å²) in [7, 11) is 0. The minimum atomic E-state index is -0.00807. The largest absolute Gasteiger partial charge is 0.493 e. The monoisotopic (exact) mass is 374 g/mol. The number of hydrogen-bond donors (Lipinski definition) is 1. The molecular weight excluding hydrogens is 348 g/mol. The first-order valence-electron chi connectivity index (χ1n) is 8.83. The number of nitrogens with two attached hydrogens (primary N) is 1. The van der Waals surface area contributed by atoms with E-state index in [9.17, 15) is 4.79 Å². The zero-order chi connectivity index (χ0) is 17.8. The number of ether oxygens (including phenoxy) is 1. The van der Waals surface area contributed by atoms with Gasteiger partial charge in [-0.2, -0.15) is 0 Å². The van der Waals surface area contributed by atoms with Gasteiger partial charge in [0, 0.05) is 25.0 Å². The Labute approximate surface area is 161 Å². The third-order valence-electron chi connectivity index (χ3n) is 4.86. The minimum absolute atomic E-state index is 0. The zero-order valence-corrected chi connectivity index (χ0v) is 16.2. The number of aryl methyl sites for hydroxylation is 2. The van der Waals surface area contributed by atoms with Gasteiger partial charge in [0.1, 0.15) is 5.75 Å². The van der Waals surface area contributed by atoms with E-state index in [1.54, 1.807) is 0 Å². The van der Waals surface area contributed by atoms with Crippen LogP contribution < -0.4 is 10.5 Å². The van der Waals surface area contributed by atoms with Crippen molar-refractivity contribution in [2.24, 2.45) is 5.73 Å². The predicted molar refractivity (Wildman–Crippen MR) is 107 cm³/mol. The fraction of sp³-hybridized carbons (Fsp3) is 0.381. The summed E-state index contributed by atoms with van der Waals surface area (Å²) < 4.78 is 5.81. The van der Waals surface area contributed by atoms with Gasteiger partial charge in [0.2, 0.25) is 5.91 Å². The molecule has 1 amide bonds. The molecule has 1 aliphatic heterocycles. The number of rotatable bonds is 5. The van der Waals surface area contributed by atoms with Gasteiger partial charge >= 0.3 is 0 Å². The van der Waals surface area contributed by atoms with Crippen molar-refractivity contribution in [1.29, 1.82) is 0 Å². The molecule has 3 rings (SSSR count). The molecule has 1 saturated heterocycles. The predicted octanol–water partition coefficient (Wildman–Crippen LogP) is 3.45. The maximum Gasteiger partial charge on any atom is 0.226 e. The Bertz CT molecular complexity index is 736. The first-order chi connectivity index (χ1) is 12.0. The van der Waals surface area contributed by atoms with Gasteiger partial charge < -0.3 is 15.4 Å². The molecule has 5 heteroatoms. The second-order valence-electron chi connectivity index (χ2n) is 6.85. The normalized spacial score (nSPS) is 19.1. The van der Waals surface area contributed by atoms with Crippen LogP contribution in [-0.2, 0) is 4.79 Å². The first-order valence-corrected chi connectivity index (χ1v) is 8.83. The molecule has 2 atom stereocenters. The molecule has 0 aromatic heterocycles. The van der Waals surface area contributed by atoms with Gasteiger partial charge in [-0.15, -0.1) is 12.4 Å². The lowest BCUT2D eigenvalue weighted by Crippen LogP contribution is -2.32. The Balaban J connectivity index is 0.00000243. The van der Waals surface area contributed by atoms with Gasteiger partial charge in [0.05, 0.1) is 13.0 Å². The average Bonchev–Trinajstić information content (AvgIpc) is 3.00. The third kappa shape index (κ3) is 4.77. The maximum absolute atomic E-state index is 12.5. The van der Waals surface area contributed by atoms with Crippen molar-refractivity contribution >= 4 is 18.3 Å². The lowest BCUT2D eigenvalue weighted by molar-refractivity contribution is -0.130. The Morgan fingerprint density at radius 3 is 2.62 bits per heavy atom. The van der Waals surface area contributed by atoms with Gasteiger partial charge in [0.15, 0.2) is 0 Å². The highest BCUT2D eigenvalue weighted by Crippen LogP contribution is 2.27. The number of halogens is 1. The molecular formula is C21H27ClN2O2. The Morgan fingerprint density at radius 1 is 1.15 bits per heavy atom. The van der Waals surface area contributed by atoms with Crippen LogP contribution in [0.5, 0.6) is 5.75 Å². The molecule has 1 fully saturated rings. The fourth-order valence-corrected chi connectivity index (χ4v) is 3.35. The van der Waals surface area contributed by atoms with Crippen LogP contribution in [0.1, 0.15) is 29.0 Å². The van der Waals surface area contributed by atoms with Crippen LogP contribution in [0, 0.1) is 13.8 Å². The quantitative estimate of drug-likeness (QED) is 0.872. The van der Waals surface area contributed by atoms with Crippen LogP contribution in [0.4, 0.5) is 0 Å². The lowest BCUT2D eigenvalue weighted by atomic mass is 9.95. The number of nitrogens with zero attached hydrogens (tertiary/aromatic N) is 1. The zero-order valence-electron chi connectivity index (χ0n) is 15.4. The van der Waals surface area contributed by atoms with E-state index in [1.807, 2.05) is 49.1 Å². The van der Waals surface area contributed by atoms with Crippen molar-refractivity contribution in [3.05, 3.63) is 65.2 Å². The Hall–Kier alpha value is -2.04. The highest BCUT2D eigenvalue weighted by molar-refractivity contribution is 5.85. The fourth-order valence-electron chi connectivity index (χ4n) is 3.35. The van der Waals surface area contributed by atoms with Crippen LogP contribution in [0.2, 0.25) is 0 Å². The molecule has 0 spiro atoms. The Morgan fingerprint density at radius 2 is 1.88 bits per heavy atom. The maximum atomic E-state index is 12.5. The summed E-state index contributed by atoms with van der Waals surface area (Å²) in [6, 6.07) is 16.3.